The Bertz CT molecular complexity index is 1330. The molecule has 1 aliphatic heterocycles. The van der Waals surface area contributed by atoms with Crippen LogP contribution in [0.5, 0.6) is 5.75 Å². The Morgan fingerprint density at radius 3 is 2.40 bits per heavy atom. The summed E-state index contributed by atoms with van der Waals surface area (Å²) in [6.45, 7) is 2.48. The van der Waals surface area contributed by atoms with Crippen molar-refractivity contribution in [1.82, 2.24) is 9.80 Å². The topological polar surface area (TPSA) is 71.5 Å². The number of amides is 1. The molecular weight excluding hydrogens is 554 g/mol. The molecule has 0 radical (unpaired) electrons. The summed E-state index contributed by atoms with van der Waals surface area (Å²) in [4.78, 5) is 16.8. The Labute approximate surface area is 253 Å². The highest BCUT2D eigenvalue weighted by molar-refractivity contribution is 5.76. The van der Waals surface area contributed by atoms with Gasteiger partial charge in [-0.1, -0.05) is 48.5 Å². The maximum atomic E-state index is 14.3. The lowest BCUT2D eigenvalue weighted by molar-refractivity contribution is -0.147. The van der Waals surface area contributed by atoms with E-state index in [4.69, 9.17) is 14.2 Å². The van der Waals surface area contributed by atoms with Gasteiger partial charge in [0, 0.05) is 43.4 Å². The third-order valence-corrected chi connectivity index (χ3v) is 8.36. The van der Waals surface area contributed by atoms with Crippen LogP contribution in [-0.2, 0) is 37.4 Å². The van der Waals surface area contributed by atoms with Crippen molar-refractivity contribution in [3.05, 3.63) is 101 Å². The van der Waals surface area contributed by atoms with E-state index in [1.165, 1.54) is 30.7 Å². The van der Waals surface area contributed by atoms with Crippen molar-refractivity contribution in [3.63, 3.8) is 0 Å². The summed E-state index contributed by atoms with van der Waals surface area (Å²) in [5, 5.41) is 11.0. The number of ether oxygens (including phenoxy) is 3. The maximum Gasteiger partial charge on any atom is 0.225 e. The van der Waals surface area contributed by atoms with E-state index in [2.05, 4.69) is 30.1 Å². The minimum atomic E-state index is -0.719. The quantitative estimate of drug-likeness (QED) is 0.202. The van der Waals surface area contributed by atoms with Gasteiger partial charge in [0.1, 0.15) is 17.4 Å². The minimum Gasteiger partial charge on any atom is -0.508 e. The third-order valence-electron chi connectivity index (χ3n) is 8.36. The van der Waals surface area contributed by atoms with Gasteiger partial charge < -0.3 is 29.1 Å². The summed E-state index contributed by atoms with van der Waals surface area (Å²) in [5.41, 5.74) is 3.12. The van der Waals surface area contributed by atoms with Crippen molar-refractivity contribution in [3.8, 4) is 5.75 Å². The van der Waals surface area contributed by atoms with Crippen LogP contribution in [-0.4, -0.2) is 81.2 Å². The molecule has 0 bridgehead atoms. The van der Waals surface area contributed by atoms with Gasteiger partial charge in [0.25, 0.3) is 0 Å². The summed E-state index contributed by atoms with van der Waals surface area (Å²) in [6, 6.07) is 19.5. The maximum absolute atomic E-state index is 14.3. The van der Waals surface area contributed by atoms with Gasteiger partial charge in [0.2, 0.25) is 5.91 Å². The van der Waals surface area contributed by atoms with Crippen LogP contribution in [0, 0.1) is 11.6 Å². The fourth-order valence-electron chi connectivity index (χ4n) is 5.74. The molecule has 0 aromatic heterocycles. The van der Waals surface area contributed by atoms with Crippen LogP contribution in [0.4, 0.5) is 8.78 Å². The molecule has 4 rings (SSSR count). The second-order valence-electron chi connectivity index (χ2n) is 11.1. The number of hydrogen-bond acceptors (Lipinski definition) is 6. The van der Waals surface area contributed by atoms with Crippen molar-refractivity contribution in [1.29, 1.82) is 0 Å². The average molecular weight is 597 g/mol. The van der Waals surface area contributed by atoms with E-state index >= 15 is 0 Å². The summed E-state index contributed by atoms with van der Waals surface area (Å²) in [5.74, 6) is -1.36. The van der Waals surface area contributed by atoms with E-state index in [-0.39, 0.29) is 43.0 Å². The van der Waals surface area contributed by atoms with Crippen LogP contribution in [0.3, 0.4) is 0 Å². The molecule has 43 heavy (non-hydrogen) atoms. The van der Waals surface area contributed by atoms with Gasteiger partial charge in [-0.25, -0.2) is 8.78 Å². The number of aromatic hydroxyl groups is 1. The first-order chi connectivity index (χ1) is 20.8. The molecule has 232 valence electrons. The summed E-state index contributed by atoms with van der Waals surface area (Å²) in [7, 11) is 5.05. The third kappa shape index (κ3) is 8.38. The van der Waals surface area contributed by atoms with Gasteiger partial charge in [-0.3, -0.25) is 4.79 Å². The molecule has 9 heteroatoms. The monoisotopic (exact) mass is 596 g/mol. The molecule has 1 heterocycles. The Morgan fingerprint density at radius 2 is 1.72 bits per heavy atom. The molecule has 1 aliphatic rings. The highest BCUT2D eigenvalue weighted by Gasteiger charge is 2.39. The van der Waals surface area contributed by atoms with E-state index in [0.29, 0.717) is 18.8 Å². The van der Waals surface area contributed by atoms with Crippen LogP contribution >= 0.6 is 0 Å². The second-order valence-corrected chi connectivity index (χ2v) is 11.1. The molecule has 0 unspecified atom stereocenters. The molecule has 3 aromatic carbocycles. The smallest absolute Gasteiger partial charge is 0.225 e. The molecule has 0 aliphatic carbocycles. The SMILES string of the molecule is COC(CN(Cc1ccc(F)cc1F)C(=O)CCOCCc1ccc(O)c(C2(c3ccccc3)CCN(C)CC2)c1)OC. The number of hydrogen-bond donors (Lipinski definition) is 1. The molecule has 1 saturated heterocycles. The number of benzene rings is 3. The number of carbonyl (C=O) groups excluding carboxylic acids is 1. The number of methoxy groups -OCH3 is 2. The number of carbonyl (C=O) groups is 1. The number of likely N-dealkylation sites (tertiary alicyclic amines) is 1. The van der Waals surface area contributed by atoms with Gasteiger partial charge in [0.05, 0.1) is 26.2 Å². The van der Waals surface area contributed by atoms with Gasteiger partial charge in [0.15, 0.2) is 6.29 Å². The Hall–Kier alpha value is -3.37. The Kier molecular flexibility index (Phi) is 11.6. The summed E-state index contributed by atoms with van der Waals surface area (Å²) in [6.07, 6.45) is 1.82. The predicted octanol–water partition coefficient (Wildman–Crippen LogP) is 5.28. The average Bonchev–Trinajstić information content (AvgIpc) is 3.02. The zero-order valence-corrected chi connectivity index (χ0v) is 25.2. The minimum absolute atomic E-state index is 0.0522. The normalized spacial score (nSPS) is 15.1. The molecule has 1 amide bonds. The van der Waals surface area contributed by atoms with Crippen molar-refractivity contribution >= 4 is 5.91 Å². The molecule has 3 aromatic rings. The van der Waals surface area contributed by atoms with Gasteiger partial charge in [-0.15, -0.1) is 0 Å². The molecule has 1 fully saturated rings. The van der Waals surface area contributed by atoms with E-state index < -0.39 is 17.9 Å². The zero-order chi connectivity index (χ0) is 30.8. The lowest BCUT2D eigenvalue weighted by Gasteiger charge is -2.42. The number of nitrogens with zero attached hydrogens (tertiary/aromatic N) is 2. The van der Waals surface area contributed by atoms with Crippen LogP contribution in [0.25, 0.3) is 0 Å². The fourth-order valence-corrected chi connectivity index (χ4v) is 5.74. The molecular formula is C34H42F2N2O5. The van der Waals surface area contributed by atoms with E-state index in [0.717, 1.165) is 49.2 Å². The number of halogens is 2. The largest absolute Gasteiger partial charge is 0.508 e. The fraction of sp³-hybridized carbons (Fsp3) is 0.441. The molecule has 0 spiro atoms. The van der Waals surface area contributed by atoms with Crippen molar-refractivity contribution < 1.29 is 32.9 Å². The van der Waals surface area contributed by atoms with Crippen molar-refractivity contribution in [2.45, 2.75) is 43.9 Å². The van der Waals surface area contributed by atoms with E-state index in [1.54, 1.807) is 6.07 Å². The zero-order valence-electron chi connectivity index (χ0n) is 25.2. The first-order valence-corrected chi connectivity index (χ1v) is 14.7. The lowest BCUT2D eigenvalue weighted by Crippen LogP contribution is -2.41. The summed E-state index contributed by atoms with van der Waals surface area (Å²) >= 11 is 0. The van der Waals surface area contributed by atoms with Crippen molar-refractivity contribution in [2.75, 3.05) is 54.1 Å². The van der Waals surface area contributed by atoms with Crippen LogP contribution < -0.4 is 0 Å². The highest BCUT2D eigenvalue weighted by atomic mass is 19.1. The van der Waals surface area contributed by atoms with Gasteiger partial charge in [-0.05, 0) is 62.7 Å². The first kappa shape index (κ1) is 32.5. The predicted molar refractivity (Wildman–Crippen MR) is 161 cm³/mol. The van der Waals surface area contributed by atoms with E-state index in [9.17, 15) is 18.7 Å². The second kappa shape index (κ2) is 15.4. The molecule has 0 saturated carbocycles. The molecule has 0 atom stereocenters. The lowest BCUT2D eigenvalue weighted by atomic mass is 9.67. The first-order valence-electron chi connectivity index (χ1n) is 14.7. The standard InChI is InChI=1S/C34H42F2N2O5/c1-37-17-15-34(16-18-37,27-7-5-4-6-8-27)29-21-25(9-12-31(29)39)13-19-43-20-14-32(40)38(24-33(41-2)42-3)23-26-10-11-28(35)22-30(26)36/h4-12,21-22,33,39H,13-20,23-24H2,1-3H3. The Morgan fingerprint density at radius 1 is 1.00 bits per heavy atom. The number of piperidine rings is 1. The number of phenols is 1. The molecule has 1 N–H and O–H groups in total. The highest BCUT2D eigenvalue weighted by Crippen LogP contribution is 2.45. The molecule has 7 nitrogen and oxygen atoms in total. The Balaban J connectivity index is 1.37. The van der Waals surface area contributed by atoms with Crippen LogP contribution in [0.2, 0.25) is 0 Å². The number of rotatable bonds is 14. The van der Waals surface area contributed by atoms with Crippen LogP contribution in [0.15, 0.2) is 66.7 Å². The number of phenolic OH excluding ortho intramolecular Hbond substituents is 1. The summed E-state index contributed by atoms with van der Waals surface area (Å²) < 4.78 is 44.0. The van der Waals surface area contributed by atoms with Gasteiger partial charge >= 0.3 is 0 Å². The van der Waals surface area contributed by atoms with E-state index in [1.807, 2.05) is 24.3 Å². The van der Waals surface area contributed by atoms with Crippen molar-refractivity contribution in [2.24, 2.45) is 0 Å². The van der Waals surface area contributed by atoms with Gasteiger partial charge in [-0.2, -0.15) is 0 Å². The van der Waals surface area contributed by atoms with Crippen LogP contribution in [0.1, 0.15) is 41.5 Å².